The van der Waals surface area contributed by atoms with Crippen molar-refractivity contribution in [1.29, 1.82) is 0 Å². The minimum Gasteiger partial charge on any atom is -0.333 e. The first-order valence-electron chi connectivity index (χ1n) is 13.1. The Morgan fingerprint density at radius 2 is 1.95 bits per heavy atom. The SMILES string of the molecule is C=CC(=O)N1CCN(c2cc3cnc4nc3n(c2=O)CCCN(C)CCn2cc(cn2)N4)c2cccc(C)c21. The lowest BCUT2D eigenvalue weighted by atomic mass is 10.1. The van der Waals surface area contributed by atoms with E-state index in [1.807, 2.05) is 47.0 Å². The molecule has 5 heterocycles. The van der Waals surface area contributed by atoms with Crippen molar-refractivity contribution in [2.75, 3.05) is 48.3 Å². The molecule has 0 radical (unpaired) electrons. The van der Waals surface area contributed by atoms with Crippen LogP contribution in [0.25, 0.3) is 11.0 Å². The van der Waals surface area contributed by atoms with Crippen molar-refractivity contribution < 1.29 is 4.79 Å². The Kier molecular flexibility index (Phi) is 6.35. The average Bonchev–Trinajstić information content (AvgIpc) is 3.39. The summed E-state index contributed by atoms with van der Waals surface area (Å²) in [6.45, 7) is 9.51. The first kappa shape index (κ1) is 24.8. The first-order chi connectivity index (χ1) is 18.9. The summed E-state index contributed by atoms with van der Waals surface area (Å²) in [5.74, 6) is 0.257. The van der Waals surface area contributed by atoms with E-state index < -0.39 is 0 Å². The van der Waals surface area contributed by atoms with E-state index in [0.29, 0.717) is 36.9 Å². The van der Waals surface area contributed by atoms with Crippen LogP contribution in [0.2, 0.25) is 0 Å². The van der Waals surface area contributed by atoms with Gasteiger partial charge in [-0.1, -0.05) is 18.7 Å². The first-order valence-corrected chi connectivity index (χ1v) is 13.1. The Labute approximate surface area is 226 Å². The molecule has 11 heteroatoms. The molecule has 3 aromatic heterocycles. The highest BCUT2D eigenvalue weighted by atomic mass is 16.2. The number of anilines is 5. The predicted molar refractivity (Wildman–Crippen MR) is 152 cm³/mol. The van der Waals surface area contributed by atoms with Gasteiger partial charge in [0.1, 0.15) is 11.3 Å². The van der Waals surface area contributed by atoms with Gasteiger partial charge in [0.2, 0.25) is 5.95 Å². The molecular formula is C28H31N9O2. The summed E-state index contributed by atoms with van der Waals surface area (Å²) in [6, 6.07) is 7.74. The van der Waals surface area contributed by atoms with E-state index >= 15 is 0 Å². The minimum absolute atomic E-state index is 0.120. The van der Waals surface area contributed by atoms with Crippen molar-refractivity contribution in [3.05, 3.63) is 71.4 Å². The molecule has 0 saturated carbocycles. The molecule has 4 aromatic rings. The third kappa shape index (κ3) is 4.54. The Hall–Kier alpha value is -4.51. The average molecular weight is 526 g/mol. The molecule has 11 nitrogen and oxygen atoms in total. The summed E-state index contributed by atoms with van der Waals surface area (Å²) in [7, 11) is 2.08. The summed E-state index contributed by atoms with van der Waals surface area (Å²) in [6.07, 6.45) is 7.54. The zero-order chi connectivity index (χ0) is 27.1. The van der Waals surface area contributed by atoms with Gasteiger partial charge in [0.25, 0.3) is 11.5 Å². The van der Waals surface area contributed by atoms with Crippen LogP contribution in [-0.2, 0) is 17.9 Å². The number of nitrogens with one attached hydrogen (secondary N) is 1. The quantitative estimate of drug-likeness (QED) is 0.398. The number of carbonyl (C=O) groups excluding carboxylic acids is 1. The normalized spacial score (nSPS) is 16.1. The molecular weight excluding hydrogens is 494 g/mol. The Bertz CT molecular complexity index is 1640. The van der Waals surface area contributed by atoms with Gasteiger partial charge in [0, 0.05) is 44.0 Å². The van der Waals surface area contributed by atoms with Crippen LogP contribution in [0.5, 0.6) is 0 Å². The zero-order valence-electron chi connectivity index (χ0n) is 22.2. The predicted octanol–water partition coefficient (Wildman–Crippen LogP) is 3.05. The maximum atomic E-state index is 14.1. The molecule has 1 N–H and O–H groups in total. The Morgan fingerprint density at radius 3 is 2.79 bits per heavy atom. The number of aromatic nitrogens is 5. The highest BCUT2D eigenvalue weighted by Crippen LogP contribution is 2.39. The molecule has 0 fully saturated rings. The van der Waals surface area contributed by atoms with E-state index in [-0.39, 0.29) is 11.5 Å². The number of pyridine rings is 1. The number of likely N-dealkylation sites (N-methyl/N-ethyl adjacent to an activating group) is 1. The molecule has 0 aliphatic carbocycles. The number of rotatable bonds is 2. The third-order valence-electron chi connectivity index (χ3n) is 7.39. The molecule has 0 spiro atoms. The smallest absolute Gasteiger partial charge is 0.276 e. The summed E-state index contributed by atoms with van der Waals surface area (Å²) >= 11 is 0. The van der Waals surface area contributed by atoms with Crippen LogP contribution in [-0.4, -0.2) is 68.3 Å². The van der Waals surface area contributed by atoms with Crippen LogP contribution >= 0.6 is 0 Å². The monoisotopic (exact) mass is 525 g/mol. The number of nitrogens with zero attached hydrogens (tertiary/aromatic N) is 8. The van der Waals surface area contributed by atoms with Gasteiger partial charge in [-0.15, -0.1) is 0 Å². The highest BCUT2D eigenvalue weighted by molar-refractivity contribution is 6.05. The van der Waals surface area contributed by atoms with Crippen molar-refractivity contribution in [2.24, 2.45) is 0 Å². The molecule has 0 saturated heterocycles. The van der Waals surface area contributed by atoms with Crippen molar-refractivity contribution in [2.45, 2.75) is 26.4 Å². The maximum absolute atomic E-state index is 14.1. The number of para-hydroxylation sites is 1. The van der Waals surface area contributed by atoms with E-state index in [1.54, 1.807) is 21.9 Å². The van der Waals surface area contributed by atoms with Gasteiger partial charge in [0.05, 0.1) is 29.8 Å². The van der Waals surface area contributed by atoms with Gasteiger partial charge >= 0.3 is 0 Å². The maximum Gasteiger partial charge on any atom is 0.276 e. The van der Waals surface area contributed by atoms with Crippen LogP contribution in [0.1, 0.15) is 12.0 Å². The van der Waals surface area contributed by atoms with Gasteiger partial charge in [-0.25, -0.2) is 4.98 Å². The van der Waals surface area contributed by atoms with Gasteiger partial charge in [0.15, 0.2) is 0 Å². The van der Waals surface area contributed by atoms with E-state index in [2.05, 4.69) is 33.9 Å². The molecule has 6 rings (SSSR count). The second-order valence-electron chi connectivity index (χ2n) is 10.0. The van der Waals surface area contributed by atoms with Crippen molar-refractivity contribution in [3.63, 3.8) is 0 Å². The molecule has 39 heavy (non-hydrogen) atoms. The molecule has 2 aliphatic rings. The molecule has 2 aliphatic heterocycles. The lowest BCUT2D eigenvalue weighted by Crippen LogP contribution is -2.44. The van der Waals surface area contributed by atoms with Crippen LogP contribution < -0.4 is 20.7 Å². The molecule has 0 atom stereocenters. The minimum atomic E-state index is -0.155. The standard InChI is InChI=1S/C28H31N9O2/c1-4-24(38)36-14-13-35(22-8-5-7-19(2)25(22)36)23-15-20-16-29-28-31-21-17-30-34(18-21)12-11-33(3)9-6-10-37(27(23)39)26(20)32-28/h4-5,7-8,15-18H,1,6,9-14H2,2-3H3,(H,29,31,32). The lowest BCUT2D eigenvalue weighted by molar-refractivity contribution is -0.114. The van der Waals surface area contributed by atoms with Gasteiger partial charge in [-0.05, 0) is 50.7 Å². The Morgan fingerprint density at radius 1 is 1.08 bits per heavy atom. The molecule has 1 amide bonds. The molecule has 1 aromatic carbocycles. The summed E-state index contributed by atoms with van der Waals surface area (Å²) in [4.78, 5) is 42.1. The van der Waals surface area contributed by atoms with E-state index in [1.165, 1.54) is 6.08 Å². The molecule has 0 unspecified atom stereocenters. The second-order valence-corrected chi connectivity index (χ2v) is 10.0. The van der Waals surface area contributed by atoms with Gasteiger partial charge < -0.3 is 20.0 Å². The molecule has 200 valence electrons. The van der Waals surface area contributed by atoms with E-state index in [0.717, 1.165) is 54.1 Å². The third-order valence-corrected chi connectivity index (χ3v) is 7.39. The number of fused-ring (bicyclic) bond motifs is 4. The number of carbonyl (C=O) groups is 1. The van der Waals surface area contributed by atoms with E-state index in [4.69, 9.17) is 4.98 Å². The van der Waals surface area contributed by atoms with Gasteiger partial charge in [-0.3, -0.25) is 18.8 Å². The number of hydrogen-bond donors (Lipinski definition) is 1. The summed E-state index contributed by atoms with van der Waals surface area (Å²) < 4.78 is 3.66. The number of hydrogen-bond acceptors (Lipinski definition) is 8. The fourth-order valence-corrected chi connectivity index (χ4v) is 5.39. The Balaban J connectivity index is 1.48. The van der Waals surface area contributed by atoms with Gasteiger partial charge in [-0.2, -0.15) is 10.1 Å². The fourth-order valence-electron chi connectivity index (χ4n) is 5.39. The van der Waals surface area contributed by atoms with Crippen LogP contribution in [0.15, 0.2) is 60.3 Å². The zero-order valence-corrected chi connectivity index (χ0v) is 22.2. The van der Waals surface area contributed by atoms with E-state index in [9.17, 15) is 9.59 Å². The van der Waals surface area contributed by atoms with Crippen LogP contribution in [0.4, 0.5) is 28.7 Å². The topological polar surface area (TPSA) is 104 Å². The van der Waals surface area contributed by atoms with Crippen molar-refractivity contribution >= 4 is 45.6 Å². The lowest BCUT2D eigenvalue weighted by Gasteiger charge is -2.38. The fraction of sp³-hybridized carbons (Fsp3) is 0.321. The summed E-state index contributed by atoms with van der Waals surface area (Å²) in [5.41, 5.74) is 4.37. The highest BCUT2D eigenvalue weighted by Gasteiger charge is 2.30. The van der Waals surface area contributed by atoms with Crippen LogP contribution in [0.3, 0.4) is 0 Å². The van der Waals surface area contributed by atoms with Crippen LogP contribution in [0, 0.1) is 6.92 Å². The number of benzene rings is 1. The number of aryl methyl sites for hydroxylation is 2. The molecule has 4 bridgehead atoms. The summed E-state index contributed by atoms with van der Waals surface area (Å²) in [5, 5.41) is 8.41. The largest absolute Gasteiger partial charge is 0.333 e. The van der Waals surface area contributed by atoms with Crippen molar-refractivity contribution in [3.8, 4) is 0 Å². The number of amides is 1. The van der Waals surface area contributed by atoms with Crippen molar-refractivity contribution in [1.82, 2.24) is 29.2 Å². The second kappa shape index (κ2) is 9.99.